The molecule has 0 aliphatic heterocycles. The second-order valence-corrected chi connectivity index (χ2v) is 12.2. The third-order valence-corrected chi connectivity index (χ3v) is 11.5. The Balaban J connectivity index is 2.04. The van der Waals surface area contributed by atoms with E-state index in [-0.39, 0.29) is 22.6 Å². The van der Waals surface area contributed by atoms with Crippen molar-refractivity contribution in [1.82, 2.24) is 0 Å². The predicted octanol–water partition coefficient (Wildman–Crippen LogP) is 4.55. The fourth-order valence-corrected chi connectivity index (χ4v) is 9.37. The van der Waals surface area contributed by atoms with E-state index in [9.17, 15) is 16.8 Å². The van der Waals surface area contributed by atoms with E-state index in [1.54, 1.807) is 54.6 Å². The molecule has 0 fully saturated rings. The third kappa shape index (κ3) is 3.02. The summed E-state index contributed by atoms with van der Waals surface area (Å²) in [5.41, 5.74) is 1.64. The van der Waals surface area contributed by atoms with Crippen molar-refractivity contribution in [3.05, 3.63) is 109 Å². The molecule has 1 aliphatic carbocycles. The molecule has 1 atom stereocenters. The minimum atomic E-state index is -4.25. The van der Waals surface area contributed by atoms with E-state index in [1.165, 1.54) is 24.3 Å². The quantitative estimate of drug-likeness (QED) is 0.548. The second-order valence-electron chi connectivity index (χ2n) is 7.47. The van der Waals surface area contributed by atoms with E-state index >= 15 is 0 Å². The molecule has 30 heavy (non-hydrogen) atoms. The zero-order chi connectivity index (χ0) is 21.4. The van der Waals surface area contributed by atoms with Gasteiger partial charge in [-0.05, 0) is 41.8 Å². The molecule has 0 bridgehead atoms. The highest BCUT2D eigenvalue weighted by Crippen LogP contribution is 2.49. The largest absolute Gasteiger partial charge is 0.222 e. The summed E-state index contributed by atoms with van der Waals surface area (Å²) in [5, 5.41) is 0. The molecule has 0 spiro atoms. The summed E-state index contributed by atoms with van der Waals surface area (Å²) in [6, 6.07) is 23.1. The van der Waals surface area contributed by atoms with Gasteiger partial charge in [0.25, 0.3) is 0 Å². The van der Waals surface area contributed by atoms with E-state index in [1.807, 2.05) is 12.1 Å². The first-order valence-electron chi connectivity index (χ1n) is 9.63. The lowest BCUT2D eigenvalue weighted by molar-refractivity contribution is 0.494. The van der Waals surface area contributed by atoms with E-state index in [2.05, 4.69) is 6.58 Å². The monoisotopic (exact) mass is 438 g/mol. The molecule has 154 valence electrons. The number of fused-ring (bicyclic) bond motifs is 1. The SMILES string of the molecule is C=CC1CC(S(=O)(=O)c2ccccc2)(S(=O)(=O)c2ccccc2)Cc2ccccc21. The van der Waals surface area contributed by atoms with Crippen LogP contribution in [0.25, 0.3) is 0 Å². The molecule has 1 unspecified atom stereocenters. The van der Waals surface area contributed by atoms with Crippen LogP contribution in [-0.2, 0) is 26.1 Å². The van der Waals surface area contributed by atoms with Crippen LogP contribution in [0.3, 0.4) is 0 Å². The maximum absolute atomic E-state index is 14.0. The maximum Gasteiger partial charge on any atom is 0.199 e. The molecule has 0 saturated heterocycles. The Hall–Kier alpha value is -2.70. The number of benzene rings is 3. The summed E-state index contributed by atoms with van der Waals surface area (Å²) in [6.07, 6.45) is 1.46. The summed E-state index contributed by atoms with van der Waals surface area (Å²) in [5.74, 6) is -0.396. The van der Waals surface area contributed by atoms with Crippen molar-refractivity contribution in [2.45, 2.75) is 32.6 Å². The molecule has 0 heterocycles. The average Bonchev–Trinajstić information content (AvgIpc) is 2.79. The average molecular weight is 439 g/mol. The maximum atomic E-state index is 14.0. The van der Waals surface area contributed by atoms with Gasteiger partial charge < -0.3 is 0 Å². The van der Waals surface area contributed by atoms with Crippen molar-refractivity contribution in [3.63, 3.8) is 0 Å². The molecule has 0 amide bonds. The molecule has 3 aromatic rings. The van der Waals surface area contributed by atoms with Crippen LogP contribution in [0.4, 0.5) is 0 Å². The summed E-state index contributed by atoms with van der Waals surface area (Å²) in [6.45, 7) is 3.87. The Bertz CT molecular complexity index is 1210. The van der Waals surface area contributed by atoms with Gasteiger partial charge in [-0.15, -0.1) is 6.58 Å². The normalized spacial score (nSPS) is 18.3. The predicted molar refractivity (Wildman–Crippen MR) is 118 cm³/mol. The molecule has 0 radical (unpaired) electrons. The van der Waals surface area contributed by atoms with E-state index in [0.29, 0.717) is 5.56 Å². The van der Waals surface area contributed by atoms with Crippen molar-refractivity contribution in [2.75, 3.05) is 0 Å². The first-order chi connectivity index (χ1) is 14.3. The number of sulfone groups is 2. The zero-order valence-electron chi connectivity index (χ0n) is 16.3. The van der Waals surface area contributed by atoms with Crippen LogP contribution in [0.1, 0.15) is 23.5 Å². The molecule has 3 aromatic carbocycles. The first kappa shape index (κ1) is 20.6. The van der Waals surface area contributed by atoms with Gasteiger partial charge in [0.2, 0.25) is 0 Å². The summed E-state index contributed by atoms with van der Waals surface area (Å²) >= 11 is 0. The van der Waals surface area contributed by atoms with Crippen molar-refractivity contribution >= 4 is 19.7 Å². The van der Waals surface area contributed by atoms with Crippen LogP contribution in [0, 0.1) is 0 Å². The molecule has 0 N–H and O–H groups in total. The number of allylic oxidation sites excluding steroid dienone is 1. The zero-order valence-corrected chi connectivity index (χ0v) is 17.9. The fraction of sp³-hybridized carbons (Fsp3) is 0.167. The highest BCUT2D eigenvalue weighted by atomic mass is 32.3. The Morgan fingerprint density at radius 1 is 0.733 bits per heavy atom. The van der Waals surface area contributed by atoms with Gasteiger partial charge in [-0.2, -0.15) is 0 Å². The minimum Gasteiger partial charge on any atom is -0.222 e. The van der Waals surface area contributed by atoms with Gasteiger partial charge in [0.1, 0.15) is 0 Å². The van der Waals surface area contributed by atoms with E-state index < -0.39 is 29.7 Å². The third-order valence-electron chi connectivity index (χ3n) is 5.82. The van der Waals surface area contributed by atoms with Crippen LogP contribution in [-0.4, -0.2) is 20.9 Å². The lowest BCUT2D eigenvalue weighted by Crippen LogP contribution is -2.51. The van der Waals surface area contributed by atoms with Crippen molar-refractivity contribution in [2.24, 2.45) is 0 Å². The Labute approximate surface area is 177 Å². The summed E-state index contributed by atoms with van der Waals surface area (Å²) in [7, 11) is -8.50. The number of hydrogen-bond donors (Lipinski definition) is 0. The molecular formula is C24H22O4S2. The van der Waals surface area contributed by atoms with Gasteiger partial charge in [-0.1, -0.05) is 66.7 Å². The molecule has 1 aliphatic rings. The van der Waals surface area contributed by atoms with Crippen LogP contribution >= 0.6 is 0 Å². The van der Waals surface area contributed by atoms with Gasteiger partial charge in [0, 0.05) is 12.3 Å². The Kier molecular flexibility index (Phi) is 5.16. The number of hydrogen-bond acceptors (Lipinski definition) is 4. The van der Waals surface area contributed by atoms with Crippen LogP contribution < -0.4 is 0 Å². The minimum absolute atomic E-state index is 0.00620. The van der Waals surface area contributed by atoms with Crippen molar-refractivity contribution in [1.29, 1.82) is 0 Å². The van der Waals surface area contributed by atoms with Crippen molar-refractivity contribution < 1.29 is 16.8 Å². The fourth-order valence-electron chi connectivity index (χ4n) is 4.26. The lowest BCUT2D eigenvalue weighted by Gasteiger charge is -2.40. The van der Waals surface area contributed by atoms with Gasteiger partial charge in [0.05, 0.1) is 9.79 Å². The van der Waals surface area contributed by atoms with Crippen LogP contribution in [0.15, 0.2) is 107 Å². The smallest absolute Gasteiger partial charge is 0.199 e. The molecule has 4 nitrogen and oxygen atoms in total. The van der Waals surface area contributed by atoms with Gasteiger partial charge >= 0.3 is 0 Å². The summed E-state index contributed by atoms with van der Waals surface area (Å²) < 4.78 is 53.9. The molecule has 0 aromatic heterocycles. The highest BCUT2D eigenvalue weighted by molar-refractivity contribution is 8.10. The van der Waals surface area contributed by atoms with E-state index in [4.69, 9.17) is 0 Å². The molecule has 0 saturated carbocycles. The first-order valence-corrected chi connectivity index (χ1v) is 12.6. The molecule has 4 rings (SSSR count). The Morgan fingerprint density at radius 3 is 1.70 bits per heavy atom. The lowest BCUT2D eigenvalue weighted by atomic mass is 9.82. The van der Waals surface area contributed by atoms with Gasteiger partial charge in [-0.25, -0.2) is 16.8 Å². The van der Waals surface area contributed by atoms with E-state index in [0.717, 1.165) is 5.56 Å². The van der Waals surface area contributed by atoms with Crippen LogP contribution in [0.5, 0.6) is 0 Å². The van der Waals surface area contributed by atoms with Crippen LogP contribution in [0.2, 0.25) is 0 Å². The van der Waals surface area contributed by atoms with Crippen molar-refractivity contribution in [3.8, 4) is 0 Å². The second kappa shape index (κ2) is 7.52. The Morgan fingerprint density at radius 2 is 1.20 bits per heavy atom. The molecular weight excluding hydrogens is 416 g/mol. The topological polar surface area (TPSA) is 68.3 Å². The number of rotatable bonds is 5. The highest BCUT2D eigenvalue weighted by Gasteiger charge is 2.58. The van der Waals surface area contributed by atoms with Gasteiger partial charge in [-0.3, -0.25) is 0 Å². The molecule has 6 heteroatoms. The van der Waals surface area contributed by atoms with Gasteiger partial charge in [0.15, 0.2) is 23.8 Å². The standard InChI is InChI=1S/C24H22O4S2/c1-2-19-17-24(18-20-11-9-10-16-23(19)20,29(25,26)21-12-5-3-6-13-21)30(27,28)22-14-7-4-8-15-22/h2-16,19H,1,17-18H2. The summed E-state index contributed by atoms with van der Waals surface area (Å²) in [4.78, 5) is 0.0124.